The Morgan fingerprint density at radius 3 is 2.12 bits per heavy atom. The molecule has 1 atom stereocenters. The first kappa shape index (κ1) is 22.7. The van der Waals surface area contributed by atoms with Crippen molar-refractivity contribution in [3.63, 3.8) is 0 Å². The van der Waals surface area contributed by atoms with Gasteiger partial charge in [-0.05, 0) is 37.8 Å². The second kappa shape index (κ2) is 10.4. The number of hydrogen-bond acceptors (Lipinski definition) is 5. The van der Waals surface area contributed by atoms with E-state index in [1.807, 2.05) is 73.7 Å². The number of Topliss-reactive ketones (excluding diaryl/α,β-unsaturated/α-hetero) is 1. The van der Waals surface area contributed by atoms with E-state index in [-0.39, 0.29) is 11.8 Å². The van der Waals surface area contributed by atoms with Gasteiger partial charge in [-0.2, -0.15) is 0 Å². The van der Waals surface area contributed by atoms with Gasteiger partial charge in [0.2, 0.25) is 0 Å². The summed E-state index contributed by atoms with van der Waals surface area (Å²) in [6, 6.07) is 21.9. The van der Waals surface area contributed by atoms with Crippen LogP contribution in [-0.2, 0) is 18.0 Å². The highest BCUT2D eigenvalue weighted by atomic mass is 16.5. The zero-order valence-corrected chi connectivity index (χ0v) is 19.5. The lowest BCUT2D eigenvalue weighted by Crippen LogP contribution is -2.35. The van der Waals surface area contributed by atoms with Gasteiger partial charge in [0.05, 0.1) is 18.8 Å². The van der Waals surface area contributed by atoms with Crippen molar-refractivity contribution >= 4 is 11.5 Å². The smallest absolute Gasteiger partial charge is 0.167 e. The summed E-state index contributed by atoms with van der Waals surface area (Å²) in [4.78, 5) is 14.5. The largest absolute Gasteiger partial charge is 0.492 e. The summed E-state index contributed by atoms with van der Waals surface area (Å²) >= 11 is 0. The van der Waals surface area contributed by atoms with Crippen molar-refractivity contribution < 1.29 is 19.0 Å². The Kier molecular flexibility index (Phi) is 7.18. The number of hydrogen-bond donors (Lipinski definition) is 0. The van der Waals surface area contributed by atoms with Crippen LogP contribution in [0.15, 0.2) is 66.7 Å². The van der Waals surface area contributed by atoms with E-state index in [2.05, 4.69) is 4.90 Å². The highest BCUT2D eigenvalue weighted by Crippen LogP contribution is 2.46. The van der Waals surface area contributed by atoms with Crippen molar-refractivity contribution in [2.45, 2.75) is 45.9 Å². The van der Waals surface area contributed by atoms with E-state index in [4.69, 9.17) is 14.2 Å². The monoisotopic (exact) mass is 445 g/mol. The Bertz CT molecular complexity index is 1080. The van der Waals surface area contributed by atoms with E-state index < -0.39 is 0 Å². The molecule has 33 heavy (non-hydrogen) atoms. The fourth-order valence-corrected chi connectivity index (χ4v) is 4.43. The van der Waals surface area contributed by atoms with Crippen molar-refractivity contribution in [1.29, 1.82) is 0 Å². The molecule has 3 aromatic rings. The summed E-state index contributed by atoms with van der Waals surface area (Å²) in [6.45, 7) is 5.31. The van der Waals surface area contributed by atoms with Gasteiger partial charge in [-0.15, -0.1) is 0 Å². The summed E-state index contributed by atoms with van der Waals surface area (Å²) in [7, 11) is 1.65. The SMILES string of the molecule is COc1c(OCc2ccccc2)cc(N2CCCC2C(C)=O)c(OCc2ccccc2)c1C. The van der Waals surface area contributed by atoms with E-state index in [1.54, 1.807) is 14.0 Å². The molecule has 1 saturated heterocycles. The first-order chi connectivity index (χ1) is 16.1. The van der Waals surface area contributed by atoms with Crippen LogP contribution >= 0.6 is 0 Å². The van der Waals surface area contributed by atoms with Crippen LogP contribution in [-0.4, -0.2) is 25.5 Å². The number of carbonyl (C=O) groups excluding carboxylic acids is 1. The predicted molar refractivity (Wildman–Crippen MR) is 130 cm³/mol. The molecule has 0 N–H and O–H groups in total. The lowest BCUT2D eigenvalue weighted by molar-refractivity contribution is -0.118. The average Bonchev–Trinajstić information content (AvgIpc) is 3.33. The minimum Gasteiger partial charge on any atom is -0.492 e. The van der Waals surface area contributed by atoms with Crippen LogP contribution < -0.4 is 19.1 Å². The summed E-state index contributed by atoms with van der Waals surface area (Å²) in [5, 5.41) is 0. The van der Waals surface area contributed by atoms with Crippen LogP contribution in [0.1, 0.15) is 36.5 Å². The van der Waals surface area contributed by atoms with E-state index in [0.717, 1.165) is 47.5 Å². The summed E-state index contributed by atoms with van der Waals surface area (Å²) < 4.78 is 18.3. The van der Waals surface area contributed by atoms with Gasteiger partial charge >= 0.3 is 0 Å². The van der Waals surface area contributed by atoms with Crippen molar-refractivity contribution in [2.24, 2.45) is 0 Å². The van der Waals surface area contributed by atoms with Crippen LogP contribution in [0.4, 0.5) is 5.69 Å². The molecular weight excluding hydrogens is 414 g/mol. The molecule has 0 bridgehead atoms. The lowest BCUT2D eigenvalue weighted by Gasteiger charge is -2.29. The normalized spacial score (nSPS) is 15.4. The highest BCUT2D eigenvalue weighted by molar-refractivity contribution is 5.87. The molecule has 5 nitrogen and oxygen atoms in total. The zero-order chi connectivity index (χ0) is 23.2. The van der Waals surface area contributed by atoms with Crippen molar-refractivity contribution in [1.82, 2.24) is 0 Å². The standard InChI is InChI=1S/C28H31NO4/c1-20-27(33-19-23-13-8-5-9-14-23)25(29-16-10-15-24(29)21(2)30)17-26(28(20)31-3)32-18-22-11-6-4-7-12-22/h4-9,11-14,17,24H,10,15-16,18-19H2,1-3H3. The molecule has 1 unspecified atom stereocenters. The molecule has 0 saturated carbocycles. The van der Waals surface area contributed by atoms with Gasteiger partial charge in [0.25, 0.3) is 0 Å². The van der Waals surface area contributed by atoms with E-state index >= 15 is 0 Å². The molecule has 172 valence electrons. The lowest BCUT2D eigenvalue weighted by atomic mass is 10.1. The van der Waals surface area contributed by atoms with E-state index in [9.17, 15) is 4.79 Å². The second-order valence-electron chi connectivity index (χ2n) is 8.39. The number of ether oxygens (including phenoxy) is 3. The number of nitrogens with zero attached hydrogens (tertiary/aromatic N) is 1. The minimum atomic E-state index is -0.154. The fraction of sp³-hybridized carbons (Fsp3) is 0.321. The molecule has 0 aromatic heterocycles. The molecule has 1 aliphatic rings. The maximum absolute atomic E-state index is 12.4. The van der Waals surface area contributed by atoms with Gasteiger partial charge in [0.1, 0.15) is 19.0 Å². The van der Waals surface area contributed by atoms with Crippen LogP contribution in [0, 0.1) is 6.92 Å². The Morgan fingerprint density at radius 1 is 0.939 bits per heavy atom. The maximum Gasteiger partial charge on any atom is 0.167 e. The molecule has 1 fully saturated rings. The minimum absolute atomic E-state index is 0.154. The summed E-state index contributed by atoms with van der Waals surface area (Å²) in [5.74, 6) is 2.20. The molecule has 1 heterocycles. The Balaban J connectivity index is 1.72. The van der Waals surface area contributed by atoms with Crippen LogP contribution in [0.5, 0.6) is 17.2 Å². The fourth-order valence-electron chi connectivity index (χ4n) is 4.43. The van der Waals surface area contributed by atoms with Crippen LogP contribution in [0.2, 0.25) is 0 Å². The maximum atomic E-state index is 12.4. The van der Waals surface area contributed by atoms with Crippen LogP contribution in [0.25, 0.3) is 0 Å². The first-order valence-electron chi connectivity index (χ1n) is 11.4. The number of methoxy groups -OCH3 is 1. The molecule has 5 heteroatoms. The molecule has 0 amide bonds. The van der Waals surface area contributed by atoms with Crippen molar-refractivity contribution in [3.8, 4) is 17.2 Å². The third-order valence-corrected chi connectivity index (χ3v) is 6.10. The molecule has 1 aliphatic heterocycles. The highest BCUT2D eigenvalue weighted by Gasteiger charge is 2.32. The Hall–Kier alpha value is -3.47. The molecule has 0 radical (unpaired) electrons. The summed E-state index contributed by atoms with van der Waals surface area (Å²) in [5.41, 5.74) is 3.90. The van der Waals surface area contributed by atoms with E-state index in [0.29, 0.717) is 24.7 Å². The van der Waals surface area contributed by atoms with Crippen molar-refractivity contribution in [2.75, 3.05) is 18.6 Å². The quantitative estimate of drug-likeness (QED) is 0.422. The zero-order valence-electron chi connectivity index (χ0n) is 19.5. The van der Waals surface area contributed by atoms with Gasteiger partial charge in [-0.1, -0.05) is 60.7 Å². The van der Waals surface area contributed by atoms with Gasteiger partial charge in [-0.3, -0.25) is 4.79 Å². The van der Waals surface area contributed by atoms with Gasteiger partial charge in [0.15, 0.2) is 17.3 Å². The Labute approximate surface area is 195 Å². The number of rotatable bonds is 9. The van der Waals surface area contributed by atoms with Crippen molar-refractivity contribution in [3.05, 3.63) is 83.4 Å². The molecule has 4 rings (SSSR count). The third kappa shape index (κ3) is 5.14. The number of benzene rings is 3. The van der Waals surface area contributed by atoms with Gasteiger partial charge < -0.3 is 19.1 Å². The van der Waals surface area contributed by atoms with E-state index in [1.165, 1.54) is 0 Å². The van der Waals surface area contributed by atoms with Gasteiger partial charge in [0, 0.05) is 18.2 Å². The van der Waals surface area contributed by atoms with Crippen LogP contribution in [0.3, 0.4) is 0 Å². The predicted octanol–water partition coefficient (Wildman–Crippen LogP) is 5.72. The topological polar surface area (TPSA) is 48.0 Å². The number of anilines is 1. The molecule has 3 aromatic carbocycles. The number of ketones is 1. The average molecular weight is 446 g/mol. The summed E-state index contributed by atoms with van der Waals surface area (Å²) in [6.07, 6.45) is 1.81. The third-order valence-electron chi connectivity index (χ3n) is 6.10. The molecule has 0 spiro atoms. The van der Waals surface area contributed by atoms with Gasteiger partial charge in [-0.25, -0.2) is 0 Å². The second-order valence-corrected chi connectivity index (χ2v) is 8.39. The first-order valence-corrected chi connectivity index (χ1v) is 11.4. The molecular formula is C28H31NO4. The Morgan fingerprint density at radius 2 is 1.55 bits per heavy atom. The molecule has 0 aliphatic carbocycles. The number of carbonyl (C=O) groups is 1.